The number of anilines is 2. The van der Waals surface area contributed by atoms with Crippen LogP contribution < -0.4 is 5.32 Å². The Morgan fingerprint density at radius 2 is 2.08 bits per heavy atom. The quantitative estimate of drug-likeness (QED) is 0.571. The predicted molar refractivity (Wildman–Crippen MR) is 102 cm³/mol. The molecular weight excluding hydrogens is 332 g/mol. The second-order valence-corrected chi connectivity index (χ2v) is 7.13. The molecule has 126 valence electrons. The normalized spacial score (nSPS) is 11.3. The van der Waals surface area contributed by atoms with Gasteiger partial charge in [0.15, 0.2) is 5.13 Å². The Bertz CT molecular complexity index is 990. The molecule has 0 saturated heterocycles. The Hall–Kier alpha value is -2.77. The van der Waals surface area contributed by atoms with Gasteiger partial charge in [-0.2, -0.15) is 5.10 Å². The molecule has 0 spiro atoms. The molecular formula is C18H18N6S. The number of hydrogen-bond acceptors (Lipinski definition) is 6. The van der Waals surface area contributed by atoms with Crippen LogP contribution in [-0.4, -0.2) is 39.2 Å². The first-order valence-corrected chi connectivity index (χ1v) is 8.75. The standard InChI is InChI=1S/C18H18N6S/c1-24(2)11-12-5-6-19-17(7-12)23-18-22-15-4-3-13(8-16(15)25-18)14-9-20-21-10-14/h3-10H,11H2,1-2H3,(H,20,21)(H,19,22,23). The maximum atomic E-state index is 4.65. The van der Waals surface area contributed by atoms with E-state index in [4.69, 9.17) is 0 Å². The molecule has 2 N–H and O–H groups in total. The van der Waals surface area contributed by atoms with Crippen molar-refractivity contribution in [1.82, 2.24) is 25.1 Å². The Morgan fingerprint density at radius 1 is 1.16 bits per heavy atom. The lowest BCUT2D eigenvalue weighted by Crippen LogP contribution is -2.10. The molecule has 6 nitrogen and oxygen atoms in total. The van der Waals surface area contributed by atoms with Crippen molar-refractivity contribution in [1.29, 1.82) is 0 Å². The lowest BCUT2D eigenvalue weighted by Gasteiger charge is -2.10. The molecule has 0 saturated carbocycles. The molecule has 0 radical (unpaired) electrons. The average molecular weight is 350 g/mol. The number of benzene rings is 1. The van der Waals surface area contributed by atoms with Gasteiger partial charge in [0.1, 0.15) is 5.82 Å². The lowest BCUT2D eigenvalue weighted by atomic mass is 10.1. The van der Waals surface area contributed by atoms with Crippen molar-refractivity contribution < 1.29 is 0 Å². The minimum absolute atomic E-state index is 0.813. The smallest absolute Gasteiger partial charge is 0.189 e. The third-order valence-corrected chi connectivity index (χ3v) is 4.71. The van der Waals surface area contributed by atoms with Crippen LogP contribution >= 0.6 is 11.3 Å². The van der Waals surface area contributed by atoms with Gasteiger partial charge in [0.2, 0.25) is 0 Å². The van der Waals surface area contributed by atoms with Crippen molar-refractivity contribution in [3.05, 3.63) is 54.5 Å². The zero-order valence-electron chi connectivity index (χ0n) is 14.0. The van der Waals surface area contributed by atoms with Crippen LogP contribution in [0.3, 0.4) is 0 Å². The van der Waals surface area contributed by atoms with Crippen LogP contribution in [0.5, 0.6) is 0 Å². The fourth-order valence-electron chi connectivity index (χ4n) is 2.68. The van der Waals surface area contributed by atoms with E-state index in [0.29, 0.717) is 0 Å². The summed E-state index contributed by atoms with van der Waals surface area (Å²) in [4.78, 5) is 11.2. The van der Waals surface area contributed by atoms with Gasteiger partial charge in [-0.1, -0.05) is 17.4 Å². The number of nitrogens with zero attached hydrogens (tertiary/aromatic N) is 4. The summed E-state index contributed by atoms with van der Waals surface area (Å²) in [6.45, 7) is 0.880. The Labute approximate surface area is 149 Å². The first kappa shape index (κ1) is 15.7. The van der Waals surface area contributed by atoms with Gasteiger partial charge >= 0.3 is 0 Å². The third kappa shape index (κ3) is 3.52. The molecule has 3 heterocycles. The van der Waals surface area contributed by atoms with E-state index < -0.39 is 0 Å². The number of aromatic nitrogens is 4. The number of nitrogens with one attached hydrogen (secondary N) is 2. The summed E-state index contributed by atoms with van der Waals surface area (Å²) in [6.07, 6.45) is 5.54. The van der Waals surface area contributed by atoms with Gasteiger partial charge in [-0.15, -0.1) is 0 Å². The molecule has 0 amide bonds. The van der Waals surface area contributed by atoms with Crippen LogP contribution in [0.4, 0.5) is 10.9 Å². The number of thiazole rings is 1. The number of pyridine rings is 1. The molecule has 0 fully saturated rings. The molecule has 4 rings (SSSR count). The van der Waals surface area contributed by atoms with E-state index >= 15 is 0 Å². The highest BCUT2D eigenvalue weighted by molar-refractivity contribution is 7.22. The fraction of sp³-hybridized carbons (Fsp3) is 0.167. The maximum Gasteiger partial charge on any atom is 0.189 e. The molecule has 0 atom stereocenters. The van der Waals surface area contributed by atoms with Crippen LogP contribution in [0, 0.1) is 0 Å². The van der Waals surface area contributed by atoms with E-state index in [1.807, 2.05) is 30.7 Å². The predicted octanol–water partition coefficient (Wildman–Crippen LogP) is 3.89. The number of H-pyrrole nitrogens is 1. The van der Waals surface area contributed by atoms with Crippen molar-refractivity contribution in [2.75, 3.05) is 19.4 Å². The Morgan fingerprint density at radius 3 is 2.88 bits per heavy atom. The molecule has 25 heavy (non-hydrogen) atoms. The van der Waals surface area contributed by atoms with Crippen molar-refractivity contribution in [3.8, 4) is 11.1 Å². The summed E-state index contributed by atoms with van der Waals surface area (Å²) < 4.78 is 1.13. The molecule has 1 aromatic carbocycles. The maximum absolute atomic E-state index is 4.65. The molecule has 0 aliphatic heterocycles. The van der Waals surface area contributed by atoms with Gasteiger partial charge in [-0.25, -0.2) is 9.97 Å². The number of hydrogen-bond donors (Lipinski definition) is 2. The molecule has 3 aromatic heterocycles. The van der Waals surface area contributed by atoms with Crippen molar-refractivity contribution in [2.24, 2.45) is 0 Å². The minimum Gasteiger partial charge on any atom is -0.316 e. The summed E-state index contributed by atoms with van der Waals surface area (Å²) in [6, 6.07) is 10.3. The topological polar surface area (TPSA) is 69.7 Å². The first-order valence-electron chi connectivity index (χ1n) is 7.94. The van der Waals surface area contributed by atoms with E-state index in [9.17, 15) is 0 Å². The number of fused-ring (bicyclic) bond motifs is 1. The molecule has 0 unspecified atom stereocenters. The fourth-order valence-corrected chi connectivity index (χ4v) is 3.59. The zero-order chi connectivity index (χ0) is 17.2. The molecule has 7 heteroatoms. The van der Waals surface area contributed by atoms with Crippen molar-refractivity contribution in [2.45, 2.75) is 6.54 Å². The van der Waals surface area contributed by atoms with Gasteiger partial charge in [0.25, 0.3) is 0 Å². The summed E-state index contributed by atoms with van der Waals surface area (Å²) in [5, 5.41) is 11.0. The highest BCUT2D eigenvalue weighted by Gasteiger charge is 2.08. The van der Waals surface area contributed by atoms with Crippen molar-refractivity contribution >= 4 is 32.5 Å². The van der Waals surface area contributed by atoms with Gasteiger partial charge in [0, 0.05) is 24.5 Å². The van der Waals surface area contributed by atoms with Gasteiger partial charge in [0.05, 0.1) is 16.4 Å². The summed E-state index contributed by atoms with van der Waals surface area (Å²) in [5.41, 5.74) is 4.39. The second kappa shape index (κ2) is 6.62. The van der Waals surface area contributed by atoms with Crippen molar-refractivity contribution in [3.63, 3.8) is 0 Å². The van der Waals surface area contributed by atoms with Crippen LogP contribution in [0.25, 0.3) is 21.3 Å². The zero-order valence-corrected chi connectivity index (χ0v) is 14.8. The van der Waals surface area contributed by atoms with Gasteiger partial charge in [-0.3, -0.25) is 5.10 Å². The SMILES string of the molecule is CN(C)Cc1ccnc(Nc2nc3ccc(-c4cn[nH]c4)cc3s2)c1. The average Bonchev–Trinajstić information content (AvgIpc) is 3.23. The highest BCUT2D eigenvalue weighted by Crippen LogP contribution is 2.31. The van der Waals surface area contributed by atoms with Crippen LogP contribution in [0.2, 0.25) is 0 Å². The molecule has 0 aliphatic carbocycles. The van der Waals surface area contributed by atoms with E-state index in [-0.39, 0.29) is 0 Å². The number of aromatic amines is 1. The van der Waals surface area contributed by atoms with E-state index in [2.05, 4.69) is 62.7 Å². The summed E-state index contributed by atoms with van der Waals surface area (Å²) in [5.74, 6) is 0.813. The minimum atomic E-state index is 0.813. The van der Waals surface area contributed by atoms with E-state index in [1.165, 1.54) is 5.56 Å². The third-order valence-electron chi connectivity index (χ3n) is 3.78. The van der Waals surface area contributed by atoms with Gasteiger partial charge < -0.3 is 10.2 Å². The second-order valence-electron chi connectivity index (χ2n) is 6.10. The van der Waals surface area contributed by atoms with Crippen LogP contribution in [0.15, 0.2) is 48.9 Å². The molecule has 0 bridgehead atoms. The Kier molecular flexibility index (Phi) is 4.17. The van der Waals surface area contributed by atoms with Crippen LogP contribution in [-0.2, 0) is 6.54 Å². The largest absolute Gasteiger partial charge is 0.316 e. The highest BCUT2D eigenvalue weighted by atomic mass is 32.1. The monoisotopic (exact) mass is 350 g/mol. The summed E-state index contributed by atoms with van der Waals surface area (Å²) in [7, 11) is 4.11. The summed E-state index contributed by atoms with van der Waals surface area (Å²) >= 11 is 1.62. The lowest BCUT2D eigenvalue weighted by molar-refractivity contribution is 0.402. The van der Waals surface area contributed by atoms with E-state index in [0.717, 1.165) is 38.8 Å². The Balaban J connectivity index is 1.60. The number of rotatable bonds is 5. The van der Waals surface area contributed by atoms with Crippen LogP contribution in [0.1, 0.15) is 5.56 Å². The molecule has 0 aliphatic rings. The molecule has 4 aromatic rings. The van der Waals surface area contributed by atoms with Gasteiger partial charge in [-0.05, 0) is 49.5 Å². The first-order chi connectivity index (χ1) is 12.2. The van der Waals surface area contributed by atoms with E-state index in [1.54, 1.807) is 11.3 Å².